The van der Waals surface area contributed by atoms with Crippen LogP contribution in [-0.4, -0.2) is 17.0 Å². The number of aliphatic hydroxyl groups is 1. The van der Waals surface area contributed by atoms with Crippen LogP contribution in [0, 0.1) is 34.0 Å². The molecule has 4 saturated carbocycles. The molecule has 4 aliphatic rings. The topological polar surface area (TPSA) is 37.3 Å². The molecule has 0 unspecified atom stereocenters. The number of carbonyl (C=O) groups excluding carboxylic acids is 1. The van der Waals surface area contributed by atoms with Crippen molar-refractivity contribution in [2.24, 2.45) is 34.0 Å². The molecule has 0 amide bonds. The average Bonchev–Trinajstić information content (AvgIpc) is 2.63. The molecule has 0 aromatic heterocycles. The quantitative estimate of drug-likeness (QED) is 0.731. The van der Waals surface area contributed by atoms with Gasteiger partial charge in [0.05, 0.1) is 5.60 Å². The minimum Gasteiger partial charge on any atom is -0.390 e. The molecule has 0 aromatic carbocycles. The molecule has 2 nitrogen and oxygen atoms in total. The van der Waals surface area contributed by atoms with E-state index in [1.54, 1.807) is 0 Å². The summed E-state index contributed by atoms with van der Waals surface area (Å²) in [7, 11) is 0. The third-order valence-electron chi connectivity index (χ3n) is 8.80. The van der Waals surface area contributed by atoms with E-state index in [1.165, 1.54) is 51.2 Å². The summed E-state index contributed by atoms with van der Waals surface area (Å²) in [4.78, 5) is 11.9. The van der Waals surface area contributed by atoms with Gasteiger partial charge in [-0.1, -0.05) is 20.3 Å². The normalized spacial score (nSPS) is 60.5. The van der Waals surface area contributed by atoms with Crippen molar-refractivity contribution in [1.82, 2.24) is 0 Å². The van der Waals surface area contributed by atoms with Gasteiger partial charge < -0.3 is 9.90 Å². The van der Waals surface area contributed by atoms with Gasteiger partial charge in [-0.05, 0) is 86.9 Å². The van der Waals surface area contributed by atoms with Crippen LogP contribution >= 0.6 is 0 Å². The molecule has 0 saturated heterocycles. The SMILES string of the molecule is C[C@]12CCC[C@@](C)(C=O)[C@@H]1CC[C@]13C[C@H](CC[C@@H]12)[C@@](C)(O)C3. The van der Waals surface area contributed by atoms with Crippen molar-refractivity contribution in [3.05, 3.63) is 0 Å². The summed E-state index contributed by atoms with van der Waals surface area (Å²) in [6, 6.07) is 0. The van der Waals surface area contributed by atoms with E-state index in [1.807, 2.05) is 0 Å². The van der Waals surface area contributed by atoms with Gasteiger partial charge in [0.15, 0.2) is 0 Å². The molecular weight excluding hydrogens is 272 g/mol. The third-order valence-corrected chi connectivity index (χ3v) is 8.80. The van der Waals surface area contributed by atoms with Gasteiger partial charge in [-0.2, -0.15) is 0 Å². The predicted octanol–water partition coefficient (Wildman–Crippen LogP) is 4.35. The maximum absolute atomic E-state index is 11.9. The zero-order valence-corrected chi connectivity index (χ0v) is 14.5. The number of carbonyl (C=O) groups is 1. The Hall–Kier alpha value is -0.370. The van der Waals surface area contributed by atoms with Crippen LogP contribution in [0.15, 0.2) is 0 Å². The first-order valence-corrected chi connectivity index (χ1v) is 9.45. The van der Waals surface area contributed by atoms with E-state index < -0.39 is 5.60 Å². The molecule has 0 radical (unpaired) electrons. The van der Waals surface area contributed by atoms with Gasteiger partial charge in [0.25, 0.3) is 0 Å². The molecule has 0 heterocycles. The van der Waals surface area contributed by atoms with Crippen LogP contribution in [0.3, 0.4) is 0 Å². The van der Waals surface area contributed by atoms with Gasteiger partial charge in [-0.15, -0.1) is 0 Å². The Labute approximate surface area is 135 Å². The highest BCUT2D eigenvalue weighted by Crippen LogP contribution is 2.72. The van der Waals surface area contributed by atoms with E-state index in [2.05, 4.69) is 20.8 Å². The molecule has 4 rings (SSSR count). The second-order valence-electron chi connectivity index (χ2n) is 10.0. The first-order valence-electron chi connectivity index (χ1n) is 9.45. The van der Waals surface area contributed by atoms with Gasteiger partial charge in [-0.3, -0.25) is 0 Å². The Kier molecular flexibility index (Phi) is 3.02. The minimum atomic E-state index is -0.444. The average molecular weight is 304 g/mol. The first kappa shape index (κ1) is 15.2. The van der Waals surface area contributed by atoms with Gasteiger partial charge in [0.2, 0.25) is 0 Å². The molecular formula is C20H32O2. The van der Waals surface area contributed by atoms with Gasteiger partial charge in [0, 0.05) is 5.41 Å². The molecule has 124 valence electrons. The second-order valence-corrected chi connectivity index (χ2v) is 10.0. The van der Waals surface area contributed by atoms with E-state index >= 15 is 0 Å². The highest BCUT2D eigenvalue weighted by Gasteiger charge is 2.66. The molecule has 0 aromatic rings. The van der Waals surface area contributed by atoms with Crippen molar-refractivity contribution < 1.29 is 9.90 Å². The third kappa shape index (κ3) is 1.74. The van der Waals surface area contributed by atoms with Crippen LogP contribution in [0.2, 0.25) is 0 Å². The number of aldehydes is 1. The van der Waals surface area contributed by atoms with E-state index in [0.717, 1.165) is 18.8 Å². The number of fused-ring (bicyclic) bond motifs is 3. The van der Waals surface area contributed by atoms with Gasteiger partial charge >= 0.3 is 0 Å². The minimum absolute atomic E-state index is 0.105. The molecule has 0 aliphatic heterocycles. The fourth-order valence-corrected chi connectivity index (χ4v) is 7.99. The van der Waals surface area contributed by atoms with Crippen molar-refractivity contribution in [2.45, 2.75) is 84.2 Å². The smallest absolute Gasteiger partial charge is 0.126 e. The lowest BCUT2D eigenvalue weighted by atomic mass is 9.41. The summed E-state index contributed by atoms with van der Waals surface area (Å²) < 4.78 is 0. The van der Waals surface area contributed by atoms with E-state index in [0.29, 0.717) is 22.7 Å². The Morgan fingerprint density at radius 2 is 1.77 bits per heavy atom. The monoisotopic (exact) mass is 304 g/mol. The Morgan fingerprint density at radius 3 is 2.50 bits per heavy atom. The Morgan fingerprint density at radius 1 is 1.00 bits per heavy atom. The molecule has 7 atom stereocenters. The van der Waals surface area contributed by atoms with Crippen LogP contribution < -0.4 is 0 Å². The number of hydrogen-bond donors (Lipinski definition) is 1. The maximum atomic E-state index is 11.9. The summed E-state index contributed by atoms with van der Waals surface area (Å²) in [5, 5.41) is 10.9. The molecule has 2 bridgehead atoms. The van der Waals surface area contributed by atoms with E-state index in [-0.39, 0.29) is 5.41 Å². The summed E-state index contributed by atoms with van der Waals surface area (Å²) in [6.07, 6.45) is 12.0. The van der Waals surface area contributed by atoms with E-state index in [4.69, 9.17) is 0 Å². The molecule has 22 heavy (non-hydrogen) atoms. The van der Waals surface area contributed by atoms with E-state index in [9.17, 15) is 9.90 Å². The number of hydrogen-bond acceptors (Lipinski definition) is 2. The highest BCUT2D eigenvalue weighted by atomic mass is 16.3. The zero-order valence-electron chi connectivity index (χ0n) is 14.5. The summed E-state index contributed by atoms with van der Waals surface area (Å²) in [6.45, 7) is 6.80. The van der Waals surface area contributed by atoms with Crippen LogP contribution in [0.4, 0.5) is 0 Å². The van der Waals surface area contributed by atoms with Crippen molar-refractivity contribution in [2.75, 3.05) is 0 Å². The number of rotatable bonds is 1. The summed E-state index contributed by atoms with van der Waals surface area (Å²) in [5.41, 5.74) is 0.142. The van der Waals surface area contributed by atoms with Gasteiger partial charge in [0.1, 0.15) is 6.29 Å². The fraction of sp³-hybridized carbons (Fsp3) is 0.950. The lowest BCUT2D eigenvalue weighted by Gasteiger charge is -2.63. The summed E-state index contributed by atoms with van der Waals surface area (Å²) >= 11 is 0. The maximum Gasteiger partial charge on any atom is 0.126 e. The second kappa shape index (κ2) is 4.37. The van der Waals surface area contributed by atoms with Crippen molar-refractivity contribution in [1.29, 1.82) is 0 Å². The molecule has 1 spiro atoms. The molecule has 4 fully saturated rings. The summed E-state index contributed by atoms with van der Waals surface area (Å²) in [5.74, 6) is 1.80. The zero-order chi connectivity index (χ0) is 15.8. The van der Waals surface area contributed by atoms with Crippen LogP contribution in [0.25, 0.3) is 0 Å². The standard InChI is InChI=1S/C20H32O2/c1-17(13-21)8-4-9-18(2)15(17)7-10-20-11-14(5-6-16(18)20)19(3,22)12-20/h13-16,22H,4-12H2,1-3H3/t14-,15-,16+,17-,18-,19-,20+/m0/s1. The lowest BCUT2D eigenvalue weighted by molar-refractivity contribution is -0.157. The Balaban J connectivity index is 1.74. The van der Waals surface area contributed by atoms with Crippen molar-refractivity contribution in [3.63, 3.8) is 0 Å². The predicted molar refractivity (Wildman–Crippen MR) is 87.4 cm³/mol. The van der Waals surface area contributed by atoms with Crippen LogP contribution in [0.1, 0.15) is 78.6 Å². The largest absolute Gasteiger partial charge is 0.390 e. The van der Waals surface area contributed by atoms with Crippen LogP contribution in [0.5, 0.6) is 0 Å². The molecule has 4 aliphatic carbocycles. The van der Waals surface area contributed by atoms with Gasteiger partial charge in [-0.25, -0.2) is 0 Å². The van der Waals surface area contributed by atoms with Crippen molar-refractivity contribution in [3.8, 4) is 0 Å². The lowest BCUT2D eigenvalue weighted by Crippen LogP contribution is -2.56. The highest BCUT2D eigenvalue weighted by molar-refractivity contribution is 5.60. The Bertz CT molecular complexity index is 498. The van der Waals surface area contributed by atoms with Crippen molar-refractivity contribution >= 4 is 6.29 Å². The first-order chi connectivity index (χ1) is 10.3. The van der Waals surface area contributed by atoms with Crippen LogP contribution in [-0.2, 0) is 4.79 Å². The molecule has 2 heteroatoms. The fourth-order valence-electron chi connectivity index (χ4n) is 7.99. The molecule has 1 N–H and O–H groups in total.